The lowest BCUT2D eigenvalue weighted by Crippen LogP contribution is -2.21. The van der Waals surface area contributed by atoms with E-state index in [0.717, 1.165) is 36.2 Å². The van der Waals surface area contributed by atoms with Gasteiger partial charge >= 0.3 is 0 Å². The van der Waals surface area contributed by atoms with E-state index in [0.29, 0.717) is 13.2 Å². The fraction of sp³-hybridized carbons (Fsp3) is 0.609. The molecule has 0 aliphatic heterocycles. The summed E-state index contributed by atoms with van der Waals surface area (Å²) in [5, 5.41) is 0.0381. The smallest absolute Gasteiger partial charge is 0.239 e. The Balaban J connectivity index is 1.75. The number of hydrogen-bond donors (Lipinski definition) is 1. The van der Waals surface area contributed by atoms with Crippen molar-refractivity contribution in [2.24, 2.45) is 5.92 Å². The van der Waals surface area contributed by atoms with E-state index in [-0.39, 0.29) is 10.1 Å². The highest BCUT2D eigenvalue weighted by atomic mass is 32.2. The number of H-pyrrole nitrogens is 1. The van der Waals surface area contributed by atoms with Gasteiger partial charge in [0.25, 0.3) is 0 Å². The Morgan fingerprint density at radius 2 is 1.80 bits per heavy atom. The summed E-state index contributed by atoms with van der Waals surface area (Å²) < 4.78 is 32.0. The molecule has 0 atom stereocenters. The van der Waals surface area contributed by atoms with Crippen LogP contribution in [-0.4, -0.2) is 33.1 Å². The Labute approximate surface area is 182 Å². The van der Waals surface area contributed by atoms with E-state index in [1.807, 2.05) is 6.07 Å². The van der Waals surface area contributed by atoms with E-state index in [1.165, 1.54) is 32.1 Å². The van der Waals surface area contributed by atoms with Crippen LogP contribution in [0.25, 0.3) is 0 Å². The molecule has 0 spiro atoms. The van der Waals surface area contributed by atoms with Crippen LogP contribution in [0.3, 0.4) is 0 Å². The minimum atomic E-state index is -3.65. The zero-order valence-corrected chi connectivity index (χ0v) is 20.4. The lowest BCUT2D eigenvalue weighted by Gasteiger charge is -2.21. The molecule has 166 valence electrons. The number of aryl methyl sites for hydroxylation is 1. The van der Waals surface area contributed by atoms with Crippen LogP contribution in [0.5, 0.6) is 0 Å². The predicted molar refractivity (Wildman–Crippen MR) is 123 cm³/mol. The molecule has 30 heavy (non-hydrogen) atoms. The summed E-state index contributed by atoms with van der Waals surface area (Å²) >= 11 is 0. The normalized spacial score (nSPS) is 16.1. The number of benzene rings is 1. The van der Waals surface area contributed by atoms with Crippen LogP contribution < -0.4 is 0 Å². The maximum atomic E-state index is 13.0. The van der Waals surface area contributed by atoms with E-state index < -0.39 is 17.9 Å². The van der Waals surface area contributed by atoms with Crippen LogP contribution in [0.2, 0.25) is 25.7 Å². The molecule has 2 aromatic rings. The van der Waals surface area contributed by atoms with Gasteiger partial charge in [-0.15, -0.1) is 0 Å². The van der Waals surface area contributed by atoms with Crippen molar-refractivity contribution >= 4 is 17.9 Å². The van der Waals surface area contributed by atoms with Crippen LogP contribution in [0.15, 0.2) is 40.4 Å². The van der Waals surface area contributed by atoms with Crippen LogP contribution in [0.4, 0.5) is 0 Å². The summed E-state index contributed by atoms with van der Waals surface area (Å²) in [6.07, 6.45) is 8.39. The number of imidazole rings is 1. The molecule has 0 amide bonds. The topological polar surface area (TPSA) is 72.1 Å². The minimum Gasteiger partial charge on any atom is -0.375 e. The quantitative estimate of drug-likeness (QED) is 0.379. The average Bonchev–Trinajstić information content (AvgIpc) is 3.14. The molecule has 1 saturated carbocycles. The standard InChI is InChI=1S/C23H36N2O3SSi/c1-30(2,3)17-16-28-18-22-21(15-14-19-10-6-4-7-11-19)24-23(25-22)29(26,27)20-12-8-5-9-13-20/h5,8-9,12-13,19H,4,6-7,10-11,14-18H2,1-3H3,(H,24,25). The molecule has 7 heteroatoms. The third-order valence-corrected chi connectivity index (χ3v) is 9.21. The van der Waals surface area contributed by atoms with Gasteiger partial charge in [0, 0.05) is 14.7 Å². The number of aromatic amines is 1. The second-order valence-electron chi connectivity index (χ2n) is 9.69. The van der Waals surface area contributed by atoms with Crippen LogP contribution in [0.1, 0.15) is 49.9 Å². The highest BCUT2D eigenvalue weighted by Gasteiger charge is 2.24. The Bertz CT molecular complexity index is 898. The van der Waals surface area contributed by atoms with E-state index in [9.17, 15) is 8.42 Å². The number of nitrogens with zero attached hydrogens (tertiary/aromatic N) is 1. The lowest BCUT2D eigenvalue weighted by molar-refractivity contribution is 0.130. The molecule has 1 aliphatic rings. The molecule has 1 heterocycles. The molecule has 5 nitrogen and oxygen atoms in total. The molecule has 1 aromatic carbocycles. The van der Waals surface area contributed by atoms with Crippen LogP contribution >= 0.6 is 0 Å². The van der Waals surface area contributed by atoms with Crippen molar-refractivity contribution in [3.63, 3.8) is 0 Å². The van der Waals surface area contributed by atoms with Gasteiger partial charge in [-0.2, -0.15) is 0 Å². The first kappa shape index (κ1) is 23.2. The first-order valence-electron chi connectivity index (χ1n) is 11.2. The second-order valence-corrected chi connectivity index (χ2v) is 17.2. The van der Waals surface area contributed by atoms with Gasteiger partial charge < -0.3 is 9.72 Å². The molecule has 1 N–H and O–H groups in total. The fourth-order valence-electron chi connectivity index (χ4n) is 3.95. The van der Waals surface area contributed by atoms with Gasteiger partial charge in [-0.3, -0.25) is 0 Å². The Morgan fingerprint density at radius 1 is 1.10 bits per heavy atom. The summed E-state index contributed by atoms with van der Waals surface area (Å²) in [7, 11) is -4.82. The summed E-state index contributed by atoms with van der Waals surface area (Å²) in [6.45, 7) is 8.07. The molecule has 3 rings (SSSR count). The maximum Gasteiger partial charge on any atom is 0.239 e. The van der Waals surface area contributed by atoms with E-state index >= 15 is 0 Å². The van der Waals surface area contributed by atoms with Crippen LogP contribution in [-0.2, 0) is 27.6 Å². The van der Waals surface area contributed by atoms with Gasteiger partial charge in [0.2, 0.25) is 15.0 Å². The molecule has 1 fully saturated rings. The van der Waals surface area contributed by atoms with Crippen molar-refractivity contribution in [1.29, 1.82) is 0 Å². The van der Waals surface area contributed by atoms with Gasteiger partial charge in [0.05, 0.1) is 22.9 Å². The van der Waals surface area contributed by atoms with Gasteiger partial charge in [-0.1, -0.05) is 69.9 Å². The van der Waals surface area contributed by atoms with Gasteiger partial charge in [-0.25, -0.2) is 13.4 Å². The Kier molecular flexibility index (Phi) is 7.93. The zero-order valence-electron chi connectivity index (χ0n) is 18.6. The van der Waals surface area contributed by atoms with Crippen LogP contribution in [0, 0.1) is 5.92 Å². The number of ether oxygens (including phenoxy) is 1. The monoisotopic (exact) mass is 448 g/mol. The molecule has 1 aliphatic carbocycles. The van der Waals surface area contributed by atoms with Crippen molar-refractivity contribution in [1.82, 2.24) is 9.97 Å². The van der Waals surface area contributed by atoms with Gasteiger partial charge in [0.1, 0.15) is 0 Å². The third kappa shape index (κ3) is 6.53. The van der Waals surface area contributed by atoms with Crippen molar-refractivity contribution in [2.45, 2.75) is 87.3 Å². The summed E-state index contributed by atoms with van der Waals surface area (Å²) in [5.74, 6) is 0.727. The zero-order chi connectivity index (χ0) is 21.6. The summed E-state index contributed by atoms with van der Waals surface area (Å²) in [5.41, 5.74) is 1.67. The minimum absolute atomic E-state index is 0.0381. The SMILES string of the molecule is C[Si](C)(C)CCOCc1[nH]c(S(=O)(=O)c2ccccc2)nc1CCC1CCCCC1. The molecule has 0 saturated heterocycles. The molecule has 1 aromatic heterocycles. The van der Waals surface area contributed by atoms with Gasteiger partial charge in [-0.05, 0) is 36.9 Å². The first-order valence-corrected chi connectivity index (χ1v) is 16.4. The molecule has 0 bridgehead atoms. The molecular weight excluding hydrogens is 412 g/mol. The van der Waals surface area contributed by atoms with Crippen molar-refractivity contribution in [3.05, 3.63) is 41.7 Å². The summed E-state index contributed by atoms with van der Waals surface area (Å²) in [6, 6.07) is 9.61. The van der Waals surface area contributed by atoms with E-state index in [1.54, 1.807) is 24.3 Å². The fourth-order valence-corrected chi connectivity index (χ4v) is 5.94. The summed E-state index contributed by atoms with van der Waals surface area (Å²) in [4.78, 5) is 7.92. The Morgan fingerprint density at radius 3 is 2.47 bits per heavy atom. The number of aromatic nitrogens is 2. The van der Waals surface area contributed by atoms with Crippen molar-refractivity contribution in [2.75, 3.05) is 6.61 Å². The highest BCUT2D eigenvalue weighted by Crippen LogP contribution is 2.28. The average molecular weight is 449 g/mol. The van der Waals surface area contributed by atoms with E-state index in [4.69, 9.17) is 4.74 Å². The largest absolute Gasteiger partial charge is 0.375 e. The molecule has 0 unspecified atom stereocenters. The molecular formula is C23H36N2O3SSi. The first-order chi connectivity index (χ1) is 14.3. The van der Waals surface area contributed by atoms with E-state index in [2.05, 4.69) is 29.6 Å². The number of hydrogen-bond acceptors (Lipinski definition) is 4. The molecule has 0 radical (unpaired) electrons. The number of nitrogens with one attached hydrogen (secondary N) is 1. The van der Waals surface area contributed by atoms with Crippen molar-refractivity contribution < 1.29 is 13.2 Å². The lowest BCUT2D eigenvalue weighted by atomic mass is 9.86. The Hall–Kier alpha value is -1.44. The third-order valence-electron chi connectivity index (χ3n) is 5.91. The predicted octanol–water partition coefficient (Wildman–Crippen LogP) is 5.61. The highest BCUT2D eigenvalue weighted by molar-refractivity contribution is 7.91. The number of rotatable bonds is 10. The van der Waals surface area contributed by atoms with Crippen molar-refractivity contribution in [3.8, 4) is 0 Å². The van der Waals surface area contributed by atoms with Gasteiger partial charge in [0.15, 0.2) is 0 Å². The number of sulfone groups is 1. The second kappa shape index (κ2) is 10.2. The maximum absolute atomic E-state index is 13.0.